The van der Waals surface area contributed by atoms with Gasteiger partial charge in [0.25, 0.3) is 0 Å². The van der Waals surface area contributed by atoms with E-state index in [0.717, 1.165) is 64.2 Å². The molecule has 8 heteroatoms. The van der Waals surface area contributed by atoms with E-state index in [1.54, 1.807) is 0 Å². The summed E-state index contributed by atoms with van der Waals surface area (Å²) in [6.45, 7) is 4.69. The minimum Gasteiger partial charge on any atom is -0.477 e. The highest BCUT2D eigenvalue weighted by Crippen LogP contribution is 2.15. The predicted octanol–water partition coefficient (Wildman–Crippen LogP) is 15.7. The fourth-order valence-corrected chi connectivity index (χ4v) is 7.81. The van der Waals surface area contributed by atoms with Crippen LogP contribution < -0.4 is 0 Å². The number of rotatable bonds is 48. The summed E-state index contributed by atoms with van der Waals surface area (Å²) in [7, 11) is 5.53. The molecule has 2 atom stereocenters. The summed E-state index contributed by atoms with van der Waals surface area (Å²) in [5, 5.41) is 9.66. The summed E-state index contributed by atoms with van der Waals surface area (Å²) >= 11 is 0. The summed E-state index contributed by atoms with van der Waals surface area (Å²) in [5.74, 6) is -1.50. The van der Waals surface area contributed by atoms with Gasteiger partial charge in [-0.3, -0.25) is 9.59 Å². The van der Waals surface area contributed by atoms with Gasteiger partial charge < -0.3 is 23.8 Å². The summed E-state index contributed by atoms with van der Waals surface area (Å²) in [5.41, 5.74) is 0. The second kappa shape index (κ2) is 47.5. The molecule has 0 amide bonds. The highest BCUT2D eigenvalue weighted by molar-refractivity contribution is 5.72. The van der Waals surface area contributed by atoms with E-state index in [9.17, 15) is 19.5 Å². The second-order valence-corrected chi connectivity index (χ2v) is 19.2. The molecule has 0 fully saturated rings. The van der Waals surface area contributed by atoms with Crippen LogP contribution in [0, 0.1) is 0 Å². The number of allylic oxidation sites excluding steroid dienone is 10. The Morgan fingerprint density at radius 1 is 0.462 bits per heavy atom. The van der Waals surface area contributed by atoms with Crippen molar-refractivity contribution in [2.75, 3.05) is 41.0 Å². The number of nitrogens with zero attached hydrogens (tertiary/aromatic N) is 1. The van der Waals surface area contributed by atoms with Gasteiger partial charge in [0.2, 0.25) is 0 Å². The minimum absolute atomic E-state index is 0.0502. The molecular weight excluding hydrogens is 811 g/mol. The number of aliphatic carboxylic acids is 1. The number of carboxylic acids is 1. The lowest BCUT2D eigenvalue weighted by atomic mass is 10.0. The van der Waals surface area contributed by atoms with Crippen molar-refractivity contribution in [1.29, 1.82) is 0 Å². The first-order valence-electron chi connectivity index (χ1n) is 26.9. The third-order valence-corrected chi connectivity index (χ3v) is 12.0. The molecule has 0 aliphatic carbocycles. The van der Waals surface area contributed by atoms with Gasteiger partial charge in [-0.05, 0) is 64.2 Å². The number of ether oxygens (including phenoxy) is 3. The first-order chi connectivity index (χ1) is 31.6. The average molecular weight is 913 g/mol. The van der Waals surface area contributed by atoms with Crippen molar-refractivity contribution in [2.45, 2.75) is 244 Å². The number of likely N-dealkylation sites (N-methyl/N-ethyl adjacent to an activating group) is 1. The molecule has 2 unspecified atom stereocenters. The van der Waals surface area contributed by atoms with E-state index >= 15 is 0 Å². The number of hydrogen-bond donors (Lipinski definition) is 1. The maximum atomic E-state index is 12.8. The molecule has 1 N–H and O–H groups in total. The van der Waals surface area contributed by atoms with Crippen LogP contribution in [0.25, 0.3) is 0 Å². The second-order valence-electron chi connectivity index (χ2n) is 19.2. The number of esters is 2. The normalized spacial score (nSPS) is 13.3. The monoisotopic (exact) mass is 913 g/mol. The van der Waals surface area contributed by atoms with Crippen molar-refractivity contribution in [2.24, 2.45) is 0 Å². The molecule has 0 radical (unpaired) electrons. The molecule has 0 aromatic carbocycles. The lowest BCUT2D eigenvalue weighted by molar-refractivity contribution is -0.887. The highest BCUT2D eigenvalue weighted by Gasteiger charge is 2.31. The lowest BCUT2D eigenvalue weighted by Gasteiger charge is -2.31. The van der Waals surface area contributed by atoms with Crippen molar-refractivity contribution < 1.29 is 38.2 Å². The summed E-state index contributed by atoms with van der Waals surface area (Å²) in [4.78, 5) is 37.2. The van der Waals surface area contributed by atoms with Crippen molar-refractivity contribution >= 4 is 17.9 Å². The number of unbranched alkanes of at least 4 members (excludes halogenated alkanes) is 27. The van der Waals surface area contributed by atoms with Gasteiger partial charge in [0.1, 0.15) is 6.61 Å². The zero-order valence-electron chi connectivity index (χ0n) is 42.9. The Balaban J connectivity index is 4.26. The van der Waals surface area contributed by atoms with E-state index in [4.69, 9.17) is 14.2 Å². The molecule has 0 bridgehead atoms. The molecule has 0 rings (SSSR count). The zero-order valence-corrected chi connectivity index (χ0v) is 42.9. The topological polar surface area (TPSA) is 99.1 Å². The van der Waals surface area contributed by atoms with Gasteiger partial charge in [0.15, 0.2) is 12.1 Å². The van der Waals surface area contributed by atoms with Crippen LogP contribution in [0.15, 0.2) is 60.8 Å². The first kappa shape index (κ1) is 62.0. The smallest absolute Gasteiger partial charge is 0.362 e. The van der Waals surface area contributed by atoms with Crippen molar-refractivity contribution in [3.63, 3.8) is 0 Å². The lowest BCUT2D eigenvalue weighted by Crippen LogP contribution is -2.50. The van der Waals surface area contributed by atoms with Crippen LogP contribution in [0.2, 0.25) is 0 Å². The van der Waals surface area contributed by atoms with Crippen molar-refractivity contribution in [1.82, 2.24) is 0 Å². The molecule has 0 spiro atoms. The molecule has 65 heavy (non-hydrogen) atoms. The molecule has 0 aliphatic rings. The third-order valence-electron chi connectivity index (χ3n) is 12.0. The maximum Gasteiger partial charge on any atom is 0.362 e. The van der Waals surface area contributed by atoms with Gasteiger partial charge in [-0.1, -0.05) is 209 Å². The van der Waals surface area contributed by atoms with Crippen LogP contribution in [0.3, 0.4) is 0 Å². The van der Waals surface area contributed by atoms with E-state index in [0.29, 0.717) is 19.3 Å². The quantitative estimate of drug-likeness (QED) is 0.0213. The SMILES string of the molecule is CCCCC/C=C/C=C/C=C/C=C/CCCCCCCC(=O)OCC(COCCC(C(=O)O)[N+](C)(C)C)OC(=O)CCCCCCCCC/C=C/CCCCCCCCCCCCCC. The third kappa shape index (κ3) is 46.0. The minimum atomic E-state index is -0.879. The molecule has 0 saturated heterocycles. The fourth-order valence-electron chi connectivity index (χ4n) is 7.81. The Labute approximate surface area is 400 Å². The van der Waals surface area contributed by atoms with E-state index < -0.39 is 18.1 Å². The van der Waals surface area contributed by atoms with E-state index in [1.165, 1.54) is 135 Å². The van der Waals surface area contributed by atoms with Crippen molar-refractivity contribution in [3.8, 4) is 0 Å². The Bertz CT molecular complexity index is 1250. The van der Waals surface area contributed by atoms with Crippen LogP contribution in [0.5, 0.6) is 0 Å². The fraction of sp³-hybridized carbons (Fsp3) is 0.772. The molecule has 8 nitrogen and oxygen atoms in total. The molecule has 0 aromatic rings. The van der Waals surface area contributed by atoms with Crippen LogP contribution in [0.4, 0.5) is 0 Å². The number of carbonyl (C=O) groups excluding carboxylic acids is 2. The van der Waals surface area contributed by atoms with Gasteiger partial charge in [-0.2, -0.15) is 0 Å². The molecular formula is C57H102NO7+. The van der Waals surface area contributed by atoms with Gasteiger partial charge in [0.05, 0.1) is 34.4 Å². The Kier molecular flexibility index (Phi) is 45.3. The van der Waals surface area contributed by atoms with Gasteiger partial charge in [-0.25, -0.2) is 4.79 Å². The van der Waals surface area contributed by atoms with Crippen LogP contribution in [-0.2, 0) is 28.6 Å². The largest absolute Gasteiger partial charge is 0.477 e. The van der Waals surface area contributed by atoms with E-state index in [-0.39, 0.29) is 36.2 Å². The first-order valence-corrected chi connectivity index (χ1v) is 26.9. The Morgan fingerprint density at radius 3 is 1.28 bits per heavy atom. The molecule has 376 valence electrons. The van der Waals surface area contributed by atoms with E-state index in [1.807, 2.05) is 21.1 Å². The average Bonchev–Trinajstić information content (AvgIpc) is 3.27. The molecule has 0 saturated carbocycles. The van der Waals surface area contributed by atoms with Gasteiger partial charge in [-0.15, -0.1) is 0 Å². The predicted molar refractivity (Wildman–Crippen MR) is 275 cm³/mol. The standard InChI is InChI=1S/C57H101NO7/c1-6-8-10-12-14-16-18-20-22-24-26-27-28-29-30-32-34-36-38-40-42-44-46-48-56(60)65-53(51-63-50-49-54(57(61)62)58(3,4)5)52-64-55(59)47-45-43-41-39-37-35-33-31-25-23-21-19-17-15-13-11-9-7-2/h15,17,19,21,23,25,29-31,33,53-54H,6-14,16,18,20,22,24,26-28,32,34-52H2,1-5H3/p+1/b17-15+,21-19+,25-23+,30-29+,33-31+. The number of quaternary nitrogens is 1. The van der Waals surface area contributed by atoms with Gasteiger partial charge >= 0.3 is 17.9 Å². The number of hydrogen-bond acceptors (Lipinski definition) is 6. The van der Waals surface area contributed by atoms with Gasteiger partial charge in [0, 0.05) is 19.3 Å². The summed E-state index contributed by atoms with van der Waals surface area (Å²) in [6, 6.07) is -0.622. The van der Waals surface area contributed by atoms with Crippen LogP contribution in [-0.4, -0.2) is 80.6 Å². The highest BCUT2D eigenvalue weighted by atomic mass is 16.6. The molecule has 0 aromatic heterocycles. The van der Waals surface area contributed by atoms with Crippen LogP contribution in [0.1, 0.15) is 232 Å². The number of carbonyl (C=O) groups is 3. The number of carboxylic acid groups (broad SMARTS) is 1. The zero-order chi connectivity index (χ0) is 47.7. The Hall–Kier alpha value is -2.97. The molecule has 0 aliphatic heterocycles. The maximum absolute atomic E-state index is 12.8. The van der Waals surface area contributed by atoms with Crippen LogP contribution >= 0.6 is 0 Å². The van der Waals surface area contributed by atoms with Crippen molar-refractivity contribution in [3.05, 3.63) is 60.8 Å². The van der Waals surface area contributed by atoms with E-state index in [2.05, 4.69) is 74.6 Å². The summed E-state index contributed by atoms with van der Waals surface area (Å²) in [6.07, 6.45) is 59.9. The summed E-state index contributed by atoms with van der Waals surface area (Å²) < 4.78 is 17.3. The molecule has 0 heterocycles. The Morgan fingerprint density at radius 2 is 0.831 bits per heavy atom.